The summed E-state index contributed by atoms with van der Waals surface area (Å²) in [6, 6.07) is 12.2. The molecule has 0 saturated carbocycles. The maximum atomic E-state index is 13.3. The first-order chi connectivity index (χ1) is 18.5. The van der Waals surface area contributed by atoms with Crippen molar-refractivity contribution in [1.82, 2.24) is 20.1 Å². The van der Waals surface area contributed by atoms with Crippen LogP contribution in [-0.4, -0.2) is 79.1 Å². The van der Waals surface area contributed by atoms with E-state index in [4.69, 9.17) is 9.47 Å². The van der Waals surface area contributed by atoms with Gasteiger partial charge in [0.25, 0.3) is 0 Å². The third kappa shape index (κ3) is 6.35. The second-order valence-corrected chi connectivity index (χ2v) is 10.9. The number of benzene rings is 1. The van der Waals surface area contributed by atoms with Gasteiger partial charge in [-0.3, -0.25) is 19.5 Å². The summed E-state index contributed by atoms with van der Waals surface area (Å²) in [5.74, 6) is 1.19. The number of nitrogens with zero attached hydrogens (tertiary/aromatic N) is 3. The lowest BCUT2D eigenvalue weighted by molar-refractivity contribution is -0.141. The summed E-state index contributed by atoms with van der Waals surface area (Å²) in [5, 5.41) is 3.15. The number of carbonyl (C=O) groups is 2. The topological polar surface area (TPSA) is 84.0 Å². The number of piperidine rings is 1. The molecule has 204 valence electrons. The van der Waals surface area contributed by atoms with Gasteiger partial charge in [-0.1, -0.05) is 30.7 Å². The number of fused-ring (bicyclic) bond motifs is 1. The Morgan fingerprint density at radius 3 is 2.74 bits per heavy atom. The van der Waals surface area contributed by atoms with Gasteiger partial charge in [0.05, 0.1) is 37.4 Å². The zero-order valence-corrected chi connectivity index (χ0v) is 22.5. The largest absolute Gasteiger partial charge is 0.491 e. The van der Waals surface area contributed by atoms with E-state index >= 15 is 0 Å². The number of ether oxygens (including phenoxy) is 2. The van der Waals surface area contributed by atoms with E-state index in [9.17, 15) is 9.59 Å². The van der Waals surface area contributed by atoms with Crippen LogP contribution in [0.2, 0.25) is 0 Å². The fourth-order valence-electron chi connectivity index (χ4n) is 5.89. The Hall–Kier alpha value is -2.97. The van der Waals surface area contributed by atoms with Gasteiger partial charge in [0, 0.05) is 12.7 Å². The van der Waals surface area contributed by atoms with Crippen LogP contribution < -0.4 is 10.1 Å². The minimum absolute atomic E-state index is 0.125. The molecular weight excluding hydrogens is 480 g/mol. The molecule has 8 heteroatoms. The van der Waals surface area contributed by atoms with Crippen LogP contribution in [0.5, 0.6) is 5.75 Å². The number of pyridine rings is 1. The first-order valence-corrected chi connectivity index (χ1v) is 14.1. The first kappa shape index (κ1) is 26.6. The summed E-state index contributed by atoms with van der Waals surface area (Å²) in [5.41, 5.74) is 2.86. The number of likely N-dealkylation sites (tertiary alicyclic amines) is 1. The molecule has 38 heavy (non-hydrogen) atoms. The van der Waals surface area contributed by atoms with Crippen LogP contribution >= 0.6 is 0 Å². The zero-order chi connectivity index (χ0) is 26.4. The number of hydrogen-bond acceptors (Lipinski definition) is 6. The van der Waals surface area contributed by atoms with Gasteiger partial charge in [-0.2, -0.15) is 0 Å². The van der Waals surface area contributed by atoms with Crippen molar-refractivity contribution in [3.8, 4) is 5.75 Å². The molecule has 3 aliphatic heterocycles. The summed E-state index contributed by atoms with van der Waals surface area (Å²) in [6.07, 6.45) is 7.10. The summed E-state index contributed by atoms with van der Waals surface area (Å²) in [7, 11) is 0. The van der Waals surface area contributed by atoms with Crippen LogP contribution in [-0.2, 0) is 20.7 Å². The lowest BCUT2D eigenvalue weighted by Gasteiger charge is -2.41. The van der Waals surface area contributed by atoms with Gasteiger partial charge in [-0.15, -0.1) is 0 Å². The molecule has 8 nitrogen and oxygen atoms in total. The SMILES string of the molecule is Cc1ccc(C2CN(C(=O)CN3CCC4(CCCCc5ccccc5OCCNC4=O)CC3)CCO2)nc1. The molecule has 2 aromatic rings. The fraction of sp³-hybridized carbons (Fsp3) is 0.567. The molecule has 0 aliphatic carbocycles. The van der Waals surface area contributed by atoms with Crippen molar-refractivity contribution in [2.24, 2.45) is 5.41 Å². The number of nitrogens with one attached hydrogen (secondary N) is 1. The molecule has 2 saturated heterocycles. The molecular formula is C30H40N4O4. The Balaban J connectivity index is 1.14. The highest BCUT2D eigenvalue weighted by Crippen LogP contribution is 2.38. The lowest BCUT2D eigenvalue weighted by atomic mass is 9.73. The Morgan fingerprint density at radius 1 is 1.08 bits per heavy atom. The second kappa shape index (κ2) is 12.3. The second-order valence-electron chi connectivity index (χ2n) is 10.9. The number of rotatable bonds is 3. The van der Waals surface area contributed by atoms with E-state index in [2.05, 4.69) is 27.3 Å². The van der Waals surface area contributed by atoms with Gasteiger partial charge in [-0.05, 0) is 75.4 Å². The molecule has 0 bridgehead atoms. The number of aromatic nitrogens is 1. The standard InChI is InChI=1S/C30H40N4O4/c1-23-9-10-25(32-20-23)27-21-34(17-19-38-27)28(35)22-33-15-12-30(13-16-33)11-5-4-7-24-6-2-3-8-26(24)37-18-14-31-29(30)36/h2-3,6,8-10,20,27H,4-5,7,11-19,21-22H2,1H3,(H,31,36). The van der Waals surface area contributed by atoms with Crippen molar-refractivity contribution in [2.45, 2.75) is 51.6 Å². The van der Waals surface area contributed by atoms with E-state index in [0.717, 1.165) is 68.6 Å². The molecule has 3 aliphatic rings. The quantitative estimate of drug-likeness (QED) is 0.669. The molecule has 4 heterocycles. The number of aryl methyl sites for hydroxylation is 2. The molecule has 1 atom stereocenters. The molecule has 1 spiro atoms. The van der Waals surface area contributed by atoms with E-state index in [1.165, 1.54) is 5.56 Å². The zero-order valence-electron chi connectivity index (χ0n) is 22.5. The molecule has 1 aromatic heterocycles. The van der Waals surface area contributed by atoms with Crippen molar-refractivity contribution in [1.29, 1.82) is 0 Å². The van der Waals surface area contributed by atoms with E-state index in [-0.39, 0.29) is 23.3 Å². The molecule has 1 unspecified atom stereocenters. The van der Waals surface area contributed by atoms with Crippen LogP contribution in [0.25, 0.3) is 0 Å². The van der Waals surface area contributed by atoms with E-state index < -0.39 is 0 Å². The fourth-order valence-corrected chi connectivity index (χ4v) is 5.89. The van der Waals surface area contributed by atoms with Crippen molar-refractivity contribution < 1.29 is 19.1 Å². The minimum Gasteiger partial charge on any atom is -0.491 e. The van der Waals surface area contributed by atoms with Crippen LogP contribution in [0, 0.1) is 12.3 Å². The molecule has 2 amide bonds. The van der Waals surface area contributed by atoms with Crippen LogP contribution in [0.1, 0.15) is 55.0 Å². The molecule has 5 rings (SSSR count). The van der Waals surface area contributed by atoms with Crippen molar-refractivity contribution in [3.05, 3.63) is 59.4 Å². The van der Waals surface area contributed by atoms with Gasteiger partial charge in [0.1, 0.15) is 18.5 Å². The van der Waals surface area contributed by atoms with Gasteiger partial charge in [0.15, 0.2) is 0 Å². The number of amides is 2. The predicted octanol–water partition coefficient (Wildman–Crippen LogP) is 3.29. The highest BCUT2D eigenvalue weighted by atomic mass is 16.5. The Labute approximate surface area is 225 Å². The maximum Gasteiger partial charge on any atom is 0.236 e. The van der Waals surface area contributed by atoms with E-state index in [0.29, 0.717) is 39.4 Å². The molecule has 1 N–H and O–H groups in total. The van der Waals surface area contributed by atoms with Gasteiger partial charge in [-0.25, -0.2) is 0 Å². The predicted molar refractivity (Wildman–Crippen MR) is 145 cm³/mol. The Bertz CT molecular complexity index is 1100. The van der Waals surface area contributed by atoms with Gasteiger partial charge < -0.3 is 19.7 Å². The summed E-state index contributed by atoms with van der Waals surface area (Å²) in [4.78, 5) is 35.2. The minimum atomic E-state index is -0.362. The van der Waals surface area contributed by atoms with Crippen LogP contribution in [0.3, 0.4) is 0 Å². The van der Waals surface area contributed by atoms with Crippen molar-refractivity contribution >= 4 is 11.8 Å². The lowest BCUT2D eigenvalue weighted by Crippen LogP contribution is -2.52. The number of carbonyl (C=O) groups excluding carboxylic acids is 2. The Kier molecular flexibility index (Phi) is 8.59. The number of morpholine rings is 1. The van der Waals surface area contributed by atoms with E-state index in [1.54, 1.807) is 0 Å². The molecule has 1 aromatic carbocycles. The smallest absolute Gasteiger partial charge is 0.236 e. The van der Waals surface area contributed by atoms with Crippen LogP contribution in [0.4, 0.5) is 0 Å². The normalized spacial score (nSPS) is 22.9. The number of hydrogen-bond donors (Lipinski definition) is 1. The highest BCUT2D eigenvalue weighted by molar-refractivity contribution is 5.83. The summed E-state index contributed by atoms with van der Waals surface area (Å²) >= 11 is 0. The monoisotopic (exact) mass is 520 g/mol. The summed E-state index contributed by atoms with van der Waals surface area (Å²) in [6.45, 7) is 6.53. The average Bonchev–Trinajstić information content (AvgIpc) is 2.95. The van der Waals surface area contributed by atoms with Gasteiger partial charge >= 0.3 is 0 Å². The van der Waals surface area contributed by atoms with Gasteiger partial charge in [0.2, 0.25) is 11.8 Å². The average molecular weight is 521 g/mol. The molecule has 0 radical (unpaired) electrons. The third-order valence-corrected chi connectivity index (χ3v) is 8.31. The van der Waals surface area contributed by atoms with Crippen LogP contribution in [0.15, 0.2) is 42.6 Å². The first-order valence-electron chi connectivity index (χ1n) is 14.1. The summed E-state index contributed by atoms with van der Waals surface area (Å²) < 4.78 is 11.9. The molecule has 2 fully saturated rings. The van der Waals surface area contributed by atoms with Crippen molar-refractivity contribution in [3.63, 3.8) is 0 Å². The number of para-hydroxylation sites is 1. The Morgan fingerprint density at radius 2 is 1.92 bits per heavy atom. The third-order valence-electron chi connectivity index (χ3n) is 8.31. The maximum absolute atomic E-state index is 13.3. The highest BCUT2D eigenvalue weighted by Gasteiger charge is 2.41. The van der Waals surface area contributed by atoms with Crippen molar-refractivity contribution in [2.75, 3.05) is 52.5 Å². The van der Waals surface area contributed by atoms with E-state index in [1.807, 2.05) is 42.3 Å².